The first-order chi connectivity index (χ1) is 9.56. The van der Waals surface area contributed by atoms with Crippen molar-refractivity contribution in [2.45, 2.75) is 26.8 Å². The Bertz CT molecular complexity index is 484. The average Bonchev–Trinajstić information content (AvgIpc) is 2.42. The fourth-order valence-corrected chi connectivity index (χ4v) is 1.98. The standard InChI is InChI=1S/C14H24N4O2/c1-3-8-17(4-2)9-7-16-13(19)11-18-10-12(15)5-6-14(18)20/h5-6,10H,3-4,7-9,11,15H2,1-2H3,(H,16,19). The Kier molecular flexibility index (Phi) is 6.79. The van der Waals surface area contributed by atoms with Crippen molar-refractivity contribution in [3.63, 3.8) is 0 Å². The van der Waals surface area contributed by atoms with Crippen LogP contribution in [0.4, 0.5) is 5.69 Å². The van der Waals surface area contributed by atoms with Crippen LogP contribution in [0.5, 0.6) is 0 Å². The number of nitrogen functional groups attached to an aromatic ring is 1. The summed E-state index contributed by atoms with van der Waals surface area (Å²) >= 11 is 0. The van der Waals surface area contributed by atoms with Crippen LogP contribution in [0.3, 0.4) is 0 Å². The highest BCUT2D eigenvalue weighted by atomic mass is 16.2. The molecule has 0 atom stereocenters. The van der Waals surface area contributed by atoms with Crippen molar-refractivity contribution in [1.29, 1.82) is 0 Å². The number of amides is 1. The predicted octanol–water partition coefficient (Wildman–Crippen LogP) is 0.279. The molecule has 0 saturated carbocycles. The van der Waals surface area contributed by atoms with E-state index in [1.165, 1.54) is 22.9 Å². The summed E-state index contributed by atoms with van der Waals surface area (Å²) in [6.45, 7) is 7.64. The van der Waals surface area contributed by atoms with E-state index in [4.69, 9.17) is 5.73 Å². The topological polar surface area (TPSA) is 80.4 Å². The second kappa shape index (κ2) is 8.37. The number of likely N-dealkylation sites (N-methyl/N-ethyl adjacent to an activating group) is 1. The summed E-state index contributed by atoms with van der Waals surface area (Å²) in [5.74, 6) is -0.176. The molecule has 0 aliphatic rings. The van der Waals surface area contributed by atoms with Gasteiger partial charge in [0.15, 0.2) is 0 Å². The molecule has 6 nitrogen and oxygen atoms in total. The molecule has 1 rings (SSSR count). The SMILES string of the molecule is CCCN(CC)CCNC(=O)Cn1cc(N)ccc1=O. The monoisotopic (exact) mass is 280 g/mol. The molecule has 0 saturated heterocycles. The van der Waals surface area contributed by atoms with E-state index in [1.807, 2.05) is 0 Å². The van der Waals surface area contributed by atoms with E-state index in [2.05, 4.69) is 24.1 Å². The van der Waals surface area contributed by atoms with E-state index in [0.29, 0.717) is 12.2 Å². The third kappa shape index (κ3) is 5.44. The van der Waals surface area contributed by atoms with Gasteiger partial charge in [-0.25, -0.2) is 0 Å². The lowest BCUT2D eigenvalue weighted by Crippen LogP contribution is -2.38. The molecule has 0 aromatic carbocycles. The summed E-state index contributed by atoms with van der Waals surface area (Å²) in [5.41, 5.74) is 5.84. The molecule has 6 heteroatoms. The third-order valence-electron chi connectivity index (χ3n) is 3.06. The molecule has 0 aliphatic carbocycles. The highest BCUT2D eigenvalue weighted by Crippen LogP contribution is 1.95. The van der Waals surface area contributed by atoms with Crippen LogP contribution in [0.2, 0.25) is 0 Å². The molecule has 1 aromatic heterocycles. The van der Waals surface area contributed by atoms with E-state index < -0.39 is 0 Å². The summed E-state index contributed by atoms with van der Waals surface area (Å²) in [4.78, 5) is 25.6. The van der Waals surface area contributed by atoms with Gasteiger partial charge in [0.2, 0.25) is 5.91 Å². The van der Waals surface area contributed by atoms with Crippen molar-refractivity contribution in [1.82, 2.24) is 14.8 Å². The van der Waals surface area contributed by atoms with Crippen molar-refractivity contribution >= 4 is 11.6 Å². The quantitative estimate of drug-likeness (QED) is 0.716. The highest BCUT2D eigenvalue weighted by Gasteiger charge is 2.05. The van der Waals surface area contributed by atoms with Gasteiger partial charge < -0.3 is 20.5 Å². The van der Waals surface area contributed by atoms with Crippen LogP contribution in [-0.4, -0.2) is 41.6 Å². The summed E-state index contributed by atoms with van der Waals surface area (Å²) in [6, 6.07) is 2.89. The normalized spacial score (nSPS) is 10.8. The van der Waals surface area contributed by atoms with E-state index in [0.717, 1.165) is 26.1 Å². The minimum atomic E-state index is -0.226. The molecule has 0 radical (unpaired) electrons. The summed E-state index contributed by atoms with van der Waals surface area (Å²) in [7, 11) is 0. The maximum Gasteiger partial charge on any atom is 0.251 e. The first kappa shape index (κ1) is 16.2. The molecule has 3 N–H and O–H groups in total. The number of aromatic nitrogens is 1. The van der Waals surface area contributed by atoms with Crippen LogP contribution in [0.25, 0.3) is 0 Å². The molecule has 0 aliphatic heterocycles. The number of pyridine rings is 1. The van der Waals surface area contributed by atoms with Gasteiger partial charge in [-0.1, -0.05) is 13.8 Å². The minimum absolute atomic E-state index is 0.00375. The number of rotatable bonds is 8. The Labute approximate surface area is 119 Å². The number of hydrogen-bond donors (Lipinski definition) is 2. The van der Waals surface area contributed by atoms with Crippen LogP contribution in [0.1, 0.15) is 20.3 Å². The van der Waals surface area contributed by atoms with E-state index in [1.54, 1.807) is 0 Å². The summed E-state index contributed by atoms with van der Waals surface area (Å²) in [5, 5.41) is 2.82. The minimum Gasteiger partial charge on any atom is -0.398 e. The predicted molar refractivity (Wildman–Crippen MR) is 80.5 cm³/mol. The molecule has 20 heavy (non-hydrogen) atoms. The third-order valence-corrected chi connectivity index (χ3v) is 3.06. The maximum atomic E-state index is 11.8. The number of carbonyl (C=O) groups excluding carboxylic acids is 1. The van der Waals surface area contributed by atoms with Crippen molar-refractivity contribution in [2.75, 3.05) is 31.9 Å². The molecular formula is C14H24N4O2. The Morgan fingerprint density at radius 3 is 2.75 bits per heavy atom. The molecule has 0 unspecified atom stereocenters. The van der Waals surface area contributed by atoms with Crippen molar-refractivity contribution in [3.05, 3.63) is 28.7 Å². The number of hydrogen-bond acceptors (Lipinski definition) is 4. The molecule has 0 fully saturated rings. The van der Waals surface area contributed by atoms with Crippen molar-refractivity contribution < 1.29 is 4.79 Å². The Hall–Kier alpha value is -1.82. The molecule has 0 bridgehead atoms. The fraction of sp³-hybridized carbons (Fsp3) is 0.571. The van der Waals surface area contributed by atoms with Crippen LogP contribution in [-0.2, 0) is 11.3 Å². The zero-order valence-electron chi connectivity index (χ0n) is 12.3. The van der Waals surface area contributed by atoms with Gasteiger partial charge in [0.25, 0.3) is 5.56 Å². The number of nitrogens with zero attached hydrogens (tertiary/aromatic N) is 2. The highest BCUT2D eigenvalue weighted by molar-refractivity contribution is 5.75. The van der Waals surface area contributed by atoms with Gasteiger partial charge in [-0.05, 0) is 25.6 Å². The lowest BCUT2D eigenvalue weighted by Gasteiger charge is -2.19. The first-order valence-electron chi connectivity index (χ1n) is 7.01. The van der Waals surface area contributed by atoms with Gasteiger partial charge in [-0.2, -0.15) is 0 Å². The number of nitrogens with one attached hydrogen (secondary N) is 1. The smallest absolute Gasteiger partial charge is 0.251 e. The maximum absolute atomic E-state index is 11.8. The zero-order valence-corrected chi connectivity index (χ0v) is 12.3. The largest absolute Gasteiger partial charge is 0.398 e. The molecule has 1 heterocycles. The second-order valence-corrected chi connectivity index (χ2v) is 4.71. The van der Waals surface area contributed by atoms with Crippen LogP contribution >= 0.6 is 0 Å². The van der Waals surface area contributed by atoms with E-state index >= 15 is 0 Å². The van der Waals surface area contributed by atoms with Crippen molar-refractivity contribution in [3.8, 4) is 0 Å². The van der Waals surface area contributed by atoms with Gasteiger partial charge in [0, 0.05) is 31.0 Å². The van der Waals surface area contributed by atoms with Gasteiger partial charge in [-0.15, -0.1) is 0 Å². The molecule has 112 valence electrons. The van der Waals surface area contributed by atoms with Crippen molar-refractivity contribution in [2.24, 2.45) is 0 Å². The van der Waals surface area contributed by atoms with Crippen LogP contribution in [0, 0.1) is 0 Å². The zero-order chi connectivity index (χ0) is 15.0. The van der Waals surface area contributed by atoms with Crippen LogP contribution in [0.15, 0.2) is 23.1 Å². The van der Waals surface area contributed by atoms with Gasteiger partial charge >= 0.3 is 0 Å². The Balaban J connectivity index is 2.40. The first-order valence-corrected chi connectivity index (χ1v) is 7.01. The number of nitrogens with two attached hydrogens (primary N) is 1. The van der Waals surface area contributed by atoms with E-state index in [-0.39, 0.29) is 18.0 Å². The summed E-state index contributed by atoms with van der Waals surface area (Å²) < 4.78 is 1.31. The number of anilines is 1. The second-order valence-electron chi connectivity index (χ2n) is 4.71. The average molecular weight is 280 g/mol. The van der Waals surface area contributed by atoms with E-state index in [9.17, 15) is 9.59 Å². The molecule has 1 aromatic rings. The molecule has 1 amide bonds. The number of carbonyl (C=O) groups is 1. The van der Waals surface area contributed by atoms with Gasteiger partial charge in [0.1, 0.15) is 6.54 Å². The van der Waals surface area contributed by atoms with Gasteiger partial charge in [-0.3, -0.25) is 9.59 Å². The van der Waals surface area contributed by atoms with Crippen LogP contribution < -0.4 is 16.6 Å². The Morgan fingerprint density at radius 1 is 1.35 bits per heavy atom. The fourth-order valence-electron chi connectivity index (χ4n) is 1.98. The lowest BCUT2D eigenvalue weighted by atomic mass is 10.4. The lowest BCUT2D eigenvalue weighted by molar-refractivity contribution is -0.121. The Morgan fingerprint density at radius 2 is 2.10 bits per heavy atom. The molecule has 0 spiro atoms. The molecular weight excluding hydrogens is 256 g/mol. The summed E-state index contributed by atoms with van der Waals surface area (Å²) in [6.07, 6.45) is 2.58. The van der Waals surface area contributed by atoms with Gasteiger partial charge in [0.05, 0.1) is 0 Å².